The van der Waals surface area contributed by atoms with E-state index in [0.717, 1.165) is 49.8 Å². The number of carbonyl (C=O) groups is 1. The lowest BCUT2D eigenvalue weighted by atomic mass is 10.0. The predicted molar refractivity (Wildman–Crippen MR) is 105 cm³/mol. The van der Waals surface area contributed by atoms with E-state index in [1.54, 1.807) is 26.1 Å². The van der Waals surface area contributed by atoms with Gasteiger partial charge in [0.25, 0.3) is 0 Å². The van der Waals surface area contributed by atoms with Gasteiger partial charge in [-0.15, -0.1) is 0 Å². The number of para-hydroxylation sites is 1. The lowest BCUT2D eigenvalue weighted by Gasteiger charge is -2.31. The SMILES string of the molecule is COCC1CCN(C(=NCC(=O)N(C)C)NC2CCOc3ccccc32)C1. The largest absolute Gasteiger partial charge is 0.493 e. The van der Waals surface area contributed by atoms with E-state index in [1.807, 2.05) is 18.2 Å². The van der Waals surface area contributed by atoms with Gasteiger partial charge in [-0.25, -0.2) is 4.99 Å². The highest BCUT2D eigenvalue weighted by Crippen LogP contribution is 2.32. The van der Waals surface area contributed by atoms with E-state index in [0.29, 0.717) is 12.5 Å². The number of likely N-dealkylation sites (N-methyl/N-ethyl adjacent to an activating group) is 1. The van der Waals surface area contributed by atoms with Crippen LogP contribution in [-0.2, 0) is 9.53 Å². The van der Waals surface area contributed by atoms with Crippen LogP contribution in [0.15, 0.2) is 29.3 Å². The number of hydrogen-bond acceptors (Lipinski definition) is 4. The van der Waals surface area contributed by atoms with Crippen LogP contribution in [0.3, 0.4) is 0 Å². The molecule has 27 heavy (non-hydrogen) atoms. The van der Waals surface area contributed by atoms with Crippen LogP contribution in [0, 0.1) is 5.92 Å². The standard InChI is InChI=1S/C20H30N4O3/c1-23(2)19(25)12-21-20(24-10-8-15(13-24)14-26-3)22-17-9-11-27-18-7-5-4-6-16(17)18/h4-7,15,17H,8-14H2,1-3H3,(H,21,22). The van der Waals surface area contributed by atoms with Crippen LogP contribution >= 0.6 is 0 Å². The minimum atomic E-state index is -0.00526. The first-order chi connectivity index (χ1) is 13.1. The maximum atomic E-state index is 12.1. The zero-order valence-electron chi connectivity index (χ0n) is 16.5. The van der Waals surface area contributed by atoms with Crippen LogP contribution in [0.1, 0.15) is 24.4 Å². The van der Waals surface area contributed by atoms with Gasteiger partial charge < -0.3 is 24.6 Å². The summed E-state index contributed by atoms with van der Waals surface area (Å²) in [6.45, 7) is 3.37. The van der Waals surface area contributed by atoms with Crippen molar-refractivity contribution in [1.29, 1.82) is 0 Å². The number of likely N-dealkylation sites (tertiary alicyclic amines) is 1. The van der Waals surface area contributed by atoms with Crippen molar-refractivity contribution in [2.75, 3.05) is 54.1 Å². The molecule has 1 saturated heterocycles. The smallest absolute Gasteiger partial charge is 0.243 e. The molecule has 2 unspecified atom stereocenters. The lowest BCUT2D eigenvalue weighted by molar-refractivity contribution is -0.127. The Morgan fingerprint density at radius 3 is 2.96 bits per heavy atom. The molecule has 1 aromatic carbocycles. The highest BCUT2D eigenvalue weighted by Gasteiger charge is 2.28. The summed E-state index contributed by atoms with van der Waals surface area (Å²) >= 11 is 0. The van der Waals surface area contributed by atoms with Gasteiger partial charge >= 0.3 is 0 Å². The van der Waals surface area contributed by atoms with Crippen LogP contribution < -0.4 is 10.1 Å². The minimum absolute atomic E-state index is 0.00526. The second-order valence-corrected chi connectivity index (χ2v) is 7.36. The summed E-state index contributed by atoms with van der Waals surface area (Å²) < 4.78 is 11.1. The van der Waals surface area contributed by atoms with Crippen molar-refractivity contribution in [3.63, 3.8) is 0 Å². The molecule has 2 heterocycles. The van der Waals surface area contributed by atoms with Gasteiger partial charge in [-0.3, -0.25) is 4.79 Å². The minimum Gasteiger partial charge on any atom is -0.493 e. The molecular formula is C20H30N4O3. The van der Waals surface area contributed by atoms with E-state index in [-0.39, 0.29) is 18.5 Å². The maximum absolute atomic E-state index is 12.1. The molecule has 7 heteroatoms. The summed E-state index contributed by atoms with van der Waals surface area (Å²) in [6.07, 6.45) is 1.94. The van der Waals surface area contributed by atoms with Crippen molar-refractivity contribution in [3.8, 4) is 5.75 Å². The monoisotopic (exact) mass is 374 g/mol. The molecule has 1 N–H and O–H groups in total. The second-order valence-electron chi connectivity index (χ2n) is 7.36. The Morgan fingerprint density at radius 2 is 2.19 bits per heavy atom. The molecule has 0 aromatic heterocycles. The van der Waals surface area contributed by atoms with Gasteiger partial charge in [0, 0.05) is 52.2 Å². The Kier molecular flexibility index (Phi) is 6.55. The third-order valence-electron chi connectivity index (χ3n) is 5.11. The summed E-state index contributed by atoms with van der Waals surface area (Å²) in [5.74, 6) is 2.21. The number of nitrogens with zero attached hydrogens (tertiary/aromatic N) is 3. The summed E-state index contributed by atoms with van der Waals surface area (Å²) in [4.78, 5) is 20.5. The zero-order chi connectivity index (χ0) is 19.2. The molecule has 1 amide bonds. The first kappa shape index (κ1) is 19.5. The van der Waals surface area contributed by atoms with Gasteiger partial charge in [-0.2, -0.15) is 0 Å². The lowest BCUT2D eigenvalue weighted by Crippen LogP contribution is -2.44. The number of fused-ring (bicyclic) bond motifs is 1. The predicted octanol–water partition coefficient (Wildman–Crippen LogP) is 1.51. The van der Waals surface area contributed by atoms with Crippen molar-refractivity contribution < 1.29 is 14.3 Å². The van der Waals surface area contributed by atoms with Crippen LogP contribution in [0.5, 0.6) is 5.75 Å². The summed E-state index contributed by atoms with van der Waals surface area (Å²) in [5, 5.41) is 3.60. The van der Waals surface area contributed by atoms with Crippen molar-refractivity contribution in [2.24, 2.45) is 10.9 Å². The number of methoxy groups -OCH3 is 1. The van der Waals surface area contributed by atoms with Gasteiger partial charge in [0.2, 0.25) is 5.91 Å². The molecule has 2 aliphatic heterocycles. The summed E-state index contributed by atoms with van der Waals surface area (Å²) in [6, 6.07) is 8.23. The van der Waals surface area contributed by atoms with E-state index in [2.05, 4.69) is 21.3 Å². The van der Waals surface area contributed by atoms with Crippen LogP contribution in [0.4, 0.5) is 0 Å². The molecule has 0 spiro atoms. The van der Waals surface area contributed by atoms with Crippen LogP contribution in [0.25, 0.3) is 0 Å². The number of rotatable bonds is 5. The van der Waals surface area contributed by atoms with Gasteiger partial charge in [0.1, 0.15) is 12.3 Å². The molecule has 2 aliphatic rings. The topological polar surface area (TPSA) is 66.4 Å². The normalized spacial score (nSPS) is 22.2. The Bertz CT molecular complexity index is 677. The molecule has 1 fully saturated rings. The van der Waals surface area contributed by atoms with Gasteiger partial charge in [0.05, 0.1) is 19.3 Å². The number of guanidine groups is 1. The molecule has 0 radical (unpaired) electrons. The van der Waals surface area contributed by atoms with E-state index in [4.69, 9.17) is 9.47 Å². The van der Waals surface area contributed by atoms with E-state index < -0.39 is 0 Å². The molecule has 7 nitrogen and oxygen atoms in total. The number of ether oxygens (including phenoxy) is 2. The highest BCUT2D eigenvalue weighted by molar-refractivity contribution is 5.85. The molecule has 148 valence electrons. The summed E-state index contributed by atoms with van der Waals surface area (Å²) in [7, 11) is 5.25. The van der Waals surface area contributed by atoms with Gasteiger partial charge in [0.15, 0.2) is 5.96 Å². The fraction of sp³-hybridized carbons (Fsp3) is 0.600. The quantitative estimate of drug-likeness (QED) is 0.625. The Balaban J connectivity index is 1.76. The van der Waals surface area contributed by atoms with Crippen molar-refractivity contribution in [1.82, 2.24) is 15.1 Å². The average molecular weight is 374 g/mol. The molecule has 1 aromatic rings. The molecule has 0 saturated carbocycles. The third-order valence-corrected chi connectivity index (χ3v) is 5.11. The Hall–Kier alpha value is -2.28. The maximum Gasteiger partial charge on any atom is 0.243 e. The number of aliphatic imine (C=N–C) groups is 1. The number of carbonyl (C=O) groups excluding carboxylic acids is 1. The number of nitrogens with one attached hydrogen (secondary N) is 1. The molecule has 0 bridgehead atoms. The highest BCUT2D eigenvalue weighted by atomic mass is 16.5. The number of amides is 1. The van der Waals surface area contributed by atoms with Crippen molar-refractivity contribution >= 4 is 11.9 Å². The zero-order valence-corrected chi connectivity index (χ0v) is 16.5. The van der Waals surface area contributed by atoms with Gasteiger partial charge in [-0.1, -0.05) is 18.2 Å². The fourth-order valence-corrected chi connectivity index (χ4v) is 3.57. The molecule has 2 atom stereocenters. The second kappa shape index (κ2) is 9.08. The first-order valence-electron chi connectivity index (χ1n) is 9.55. The first-order valence-corrected chi connectivity index (χ1v) is 9.55. The molecular weight excluding hydrogens is 344 g/mol. The number of benzene rings is 1. The van der Waals surface area contributed by atoms with E-state index in [1.165, 1.54) is 0 Å². The van der Waals surface area contributed by atoms with Crippen molar-refractivity contribution in [2.45, 2.75) is 18.9 Å². The average Bonchev–Trinajstić information content (AvgIpc) is 3.13. The summed E-state index contributed by atoms with van der Waals surface area (Å²) in [5.41, 5.74) is 1.14. The Labute approximate surface area is 161 Å². The van der Waals surface area contributed by atoms with Crippen molar-refractivity contribution in [3.05, 3.63) is 29.8 Å². The van der Waals surface area contributed by atoms with Gasteiger partial charge in [-0.05, 0) is 12.5 Å². The molecule has 3 rings (SSSR count). The fourth-order valence-electron chi connectivity index (χ4n) is 3.57. The van der Waals surface area contributed by atoms with E-state index in [9.17, 15) is 4.79 Å². The molecule has 0 aliphatic carbocycles. The van der Waals surface area contributed by atoms with E-state index >= 15 is 0 Å². The Morgan fingerprint density at radius 1 is 1.37 bits per heavy atom. The van der Waals surface area contributed by atoms with Crippen LogP contribution in [0.2, 0.25) is 0 Å². The third kappa shape index (κ3) is 4.91. The number of hydrogen-bond donors (Lipinski definition) is 1. The van der Waals surface area contributed by atoms with Crippen LogP contribution in [-0.4, -0.2) is 75.7 Å².